The molecule has 0 spiro atoms. The number of hydrogen-bond donors (Lipinski definition) is 1. The van der Waals surface area contributed by atoms with E-state index < -0.39 is 0 Å². The Morgan fingerprint density at radius 2 is 2.41 bits per heavy atom. The minimum absolute atomic E-state index is 0.0629. The average molecular weight is 300 g/mol. The Labute approximate surface area is 129 Å². The summed E-state index contributed by atoms with van der Waals surface area (Å²) < 4.78 is 7.22. The monoisotopic (exact) mass is 300 g/mol. The fourth-order valence-corrected chi connectivity index (χ4v) is 2.55. The number of nitrogens with zero attached hydrogens (tertiary/aromatic N) is 3. The summed E-state index contributed by atoms with van der Waals surface area (Å²) in [6, 6.07) is 5.67. The first-order valence-electron chi connectivity index (χ1n) is 7.64. The third kappa shape index (κ3) is 3.92. The molecule has 3 rings (SSSR count). The molecular formula is C16H20N4O2. The van der Waals surface area contributed by atoms with Gasteiger partial charge in [-0.1, -0.05) is 0 Å². The van der Waals surface area contributed by atoms with Gasteiger partial charge in [-0.05, 0) is 43.0 Å². The van der Waals surface area contributed by atoms with Crippen LogP contribution in [0.5, 0.6) is 0 Å². The van der Waals surface area contributed by atoms with Crippen molar-refractivity contribution in [3.63, 3.8) is 0 Å². The normalized spacial score (nSPS) is 17.5. The van der Waals surface area contributed by atoms with Gasteiger partial charge < -0.3 is 10.1 Å². The van der Waals surface area contributed by atoms with E-state index in [4.69, 9.17) is 4.74 Å². The molecular weight excluding hydrogens is 280 g/mol. The second kappa shape index (κ2) is 7.17. The van der Waals surface area contributed by atoms with Crippen LogP contribution in [0, 0.1) is 0 Å². The minimum atomic E-state index is 0.0629. The van der Waals surface area contributed by atoms with Gasteiger partial charge in [-0.3, -0.25) is 4.79 Å². The summed E-state index contributed by atoms with van der Waals surface area (Å²) in [6.07, 6.45) is 9.05. The van der Waals surface area contributed by atoms with Crippen LogP contribution < -0.4 is 5.32 Å². The first-order valence-corrected chi connectivity index (χ1v) is 7.64. The van der Waals surface area contributed by atoms with Crippen LogP contribution in [0.2, 0.25) is 0 Å². The van der Waals surface area contributed by atoms with Gasteiger partial charge in [0.15, 0.2) is 5.82 Å². The van der Waals surface area contributed by atoms with Crippen molar-refractivity contribution in [2.24, 2.45) is 0 Å². The van der Waals surface area contributed by atoms with Crippen molar-refractivity contribution in [2.45, 2.75) is 38.3 Å². The highest BCUT2D eigenvalue weighted by molar-refractivity contribution is 5.75. The maximum absolute atomic E-state index is 11.9. The highest BCUT2D eigenvalue weighted by Crippen LogP contribution is 2.16. The zero-order chi connectivity index (χ0) is 15.2. The Morgan fingerprint density at radius 3 is 3.18 bits per heavy atom. The van der Waals surface area contributed by atoms with Gasteiger partial charge >= 0.3 is 0 Å². The van der Waals surface area contributed by atoms with Gasteiger partial charge in [0, 0.05) is 38.2 Å². The van der Waals surface area contributed by atoms with Crippen molar-refractivity contribution >= 4 is 5.91 Å². The van der Waals surface area contributed by atoms with Crippen molar-refractivity contribution in [3.8, 4) is 5.82 Å². The highest BCUT2D eigenvalue weighted by atomic mass is 16.5. The van der Waals surface area contributed by atoms with Gasteiger partial charge in [0.1, 0.15) is 0 Å². The first-order chi connectivity index (χ1) is 10.8. The molecule has 0 aliphatic carbocycles. The lowest BCUT2D eigenvalue weighted by atomic mass is 10.1. The van der Waals surface area contributed by atoms with Gasteiger partial charge in [0.25, 0.3) is 0 Å². The van der Waals surface area contributed by atoms with E-state index in [1.165, 1.54) is 0 Å². The third-order valence-electron chi connectivity index (χ3n) is 3.76. The summed E-state index contributed by atoms with van der Waals surface area (Å²) in [6.45, 7) is 1.33. The minimum Gasteiger partial charge on any atom is -0.378 e. The number of hydrogen-bond acceptors (Lipinski definition) is 4. The van der Waals surface area contributed by atoms with Crippen molar-refractivity contribution < 1.29 is 9.53 Å². The molecule has 1 aliphatic rings. The summed E-state index contributed by atoms with van der Waals surface area (Å²) in [5.74, 6) is 0.809. The quantitative estimate of drug-likeness (QED) is 0.884. The fourth-order valence-electron chi connectivity index (χ4n) is 2.55. The molecule has 0 radical (unpaired) electrons. The number of rotatable bonds is 6. The zero-order valence-corrected chi connectivity index (χ0v) is 12.4. The van der Waals surface area contributed by atoms with E-state index in [0.29, 0.717) is 13.0 Å². The molecule has 1 fully saturated rings. The summed E-state index contributed by atoms with van der Waals surface area (Å²) in [5.41, 5.74) is 1.01. The standard InChI is InChI=1S/C16H20N4O2/c21-16(5-4-14-3-1-10-22-14)18-12-13-6-8-17-15(11-13)20-9-2-7-19-20/h2,6-9,11,14H,1,3-5,10,12H2,(H,18,21)/t14-/m1/s1. The second-order valence-electron chi connectivity index (χ2n) is 5.42. The SMILES string of the molecule is O=C(CC[C@H]1CCCO1)NCc1ccnc(-n2cccn2)c1. The van der Waals surface area contributed by atoms with Gasteiger partial charge in [-0.25, -0.2) is 9.67 Å². The van der Waals surface area contributed by atoms with E-state index in [1.54, 1.807) is 17.1 Å². The number of pyridine rings is 1. The molecule has 116 valence electrons. The number of ether oxygens (including phenoxy) is 1. The molecule has 1 atom stereocenters. The lowest BCUT2D eigenvalue weighted by molar-refractivity contribution is -0.121. The van der Waals surface area contributed by atoms with Crippen molar-refractivity contribution in [2.75, 3.05) is 6.61 Å². The Kier molecular flexibility index (Phi) is 4.80. The fraction of sp³-hybridized carbons (Fsp3) is 0.438. The van der Waals surface area contributed by atoms with Crippen LogP contribution in [-0.2, 0) is 16.1 Å². The first kappa shape index (κ1) is 14.7. The zero-order valence-electron chi connectivity index (χ0n) is 12.4. The molecule has 6 nitrogen and oxygen atoms in total. The summed E-state index contributed by atoms with van der Waals surface area (Å²) in [5, 5.41) is 7.09. The Bertz CT molecular complexity index is 606. The van der Waals surface area contributed by atoms with Crippen molar-refractivity contribution in [3.05, 3.63) is 42.4 Å². The molecule has 22 heavy (non-hydrogen) atoms. The van der Waals surface area contributed by atoms with Gasteiger partial charge in [-0.15, -0.1) is 0 Å². The smallest absolute Gasteiger partial charge is 0.220 e. The van der Waals surface area contributed by atoms with Crippen LogP contribution in [-0.4, -0.2) is 33.4 Å². The summed E-state index contributed by atoms with van der Waals surface area (Å²) in [7, 11) is 0. The largest absolute Gasteiger partial charge is 0.378 e. The molecule has 1 aliphatic heterocycles. The molecule has 0 bridgehead atoms. The van der Waals surface area contributed by atoms with E-state index in [9.17, 15) is 4.79 Å². The molecule has 1 N–H and O–H groups in total. The lowest BCUT2D eigenvalue weighted by Gasteiger charge is -2.10. The van der Waals surface area contributed by atoms with Crippen molar-refractivity contribution in [1.29, 1.82) is 0 Å². The van der Waals surface area contributed by atoms with E-state index in [0.717, 1.165) is 37.3 Å². The van der Waals surface area contributed by atoms with Crippen LogP contribution >= 0.6 is 0 Å². The third-order valence-corrected chi connectivity index (χ3v) is 3.76. The van der Waals surface area contributed by atoms with Gasteiger partial charge in [0.05, 0.1) is 6.10 Å². The number of nitrogens with one attached hydrogen (secondary N) is 1. The van der Waals surface area contributed by atoms with Crippen LogP contribution in [0.15, 0.2) is 36.8 Å². The molecule has 0 unspecified atom stereocenters. The van der Waals surface area contributed by atoms with Crippen LogP contribution in [0.1, 0.15) is 31.2 Å². The molecule has 1 amide bonds. The average Bonchev–Trinajstić information content (AvgIpc) is 3.24. The highest BCUT2D eigenvalue weighted by Gasteiger charge is 2.16. The van der Waals surface area contributed by atoms with E-state index in [2.05, 4.69) is 15.4 Å². The van der Waals surface area contributed by atoms with Crippen LogP contribution in [0.4, 0.5) is 0 Å². The molecule has 0 aromatic carbocycles. The second-order valence-corrected chi connectivity index (χ2v) is 5.42. The summed E-state index contributed by atoms with van der Waals surface area (Å²) >= 11 is 0. The molecule has 2 aromatic heterocycles. The van der Waals surface area contributed by atoms with E-state index >= 15 is 0 Å². The Hall–Kier alpha value is -2.21. The molecule has 2 aromatic rings. The Morgan fingerprint density at radius 1 is 1.45 bits per heavy atom. The van der Waals surface area contributed by atoms with Crippen LogP contribution in [0.3, 0.4) is 0 Å². The number of carbonyl (C=O) groups is 1. The topological polar surface area (TPSA) is 69.0 Å². The number of carbonyl (C=O) groups excluding carboxylic acids is 1. The lowest BCUT2D eigenvalue weighted by Crippen LogP contribution is -2.24. The van der Waals surface area contributed by atoms with Crippen molar-refractivity contribution in [1.82, 2.24) is 20.1 Å². The van der Waals surface area contributed by atoms with E-state index in [1.807, 2.05) is 24.4 Å². The summed E-state index contributed by atoms with van der Waals surface area (Å²) in [4.78, 5) is 16.2. The maximum atomic E-state index is 11.9. The van der Waals surface area contributed by atoms with Crippen LogP contribution in [0.25, 0.3) is 5.82 Å². The number of amides is 1. The van der Waals surface area contributed by atoms with E-state index in [-0.39, 0.29) is 12.0 Å². The molecule has 0 saturated carbocycles. The molecule has 3 heterocycles. The molecule has 1 saturated heterocycles. The van der Waals surface area contributed by atoms with Gasteiger partial charge in [-0.2, -0.15) is 5.10 Å². The Balaban J connectivity index is 1.48. The molecule has 6 heteroatoms. The number of aromatic nitrogens is 3. The maximum Gasteiger partial charge on any atom is 0.220 e. The predicted molar refractivity (Wildman–Crippen MR) is 81.4 cm³/mol. The predicted octanol–water partition coefficient (Wildman–Crippen LogP) is 1.84. The van der Waals surface area contributed by atoms with Gasteiger partial charge in [0.2, 0.25) is 5.91 Å².